The van der Waals surface area contributed by atoms with Gasteiger partial charge in [0.1, 0.15) is 5.75 Å². The average molecular weight is 340 g/mol. The zero-order chi connectivity index (χ0) is 18.4. The molecule has 2 aromatic rings. The van der Waals surface area contributed by atoms with Gasteiger partial charge in [-0.25, -0.2) is 0 Å². The van der Waals surface area contributed by atoms with Crippen LogP contribution in [0.25, 0.3) is 0 Å². The van der Waals surface area contributed by atoms with Crippen LogP contribution in [0.3, 0.4) is 0 Å². The largest absolute Gasteiger partial charge is 0.505 e. The summed E-state index contributed by atoms with van der Waals surface area (Å²) in [5, 5.41) is 15.4. The van der Waals surface area contributed by atoms with Gasteiger partial charge in [-0.2, -0.15) is 0 Å². The molecule has 0 aliphatic carbocycles. The Morgan fingerprint density at radius 1 is 1.00 bits per heavy atom. The highest BCUT2D eigenvalue weighted by Gasteiger charge is 2.15. The van der Waals surface area contributed by atoms with E-state index in [4.69, 9.17) is 0 Å². The van der Waals surface area contributed by atoms with Gasteiger partial charge >= 0.3 is 0 Å². The number of ketones is 1. The van der Waals surface area contributed by atoms with Gasteiger partial charge < -0.3 is 15.7 Å². The first-order valence-corrected chi connectivity index (χ1v) is 7.96. The highest BCUT2D eigenvalue weighted by atomic mass is 16.3. The zero-order valence-corrected chi connectivity index (χ0v) is 14.1. The molecule has 0 unspecified atom stereocenters. The summed E-state index contributed by atoms with van der Waals surface area (Å²) in [6, 6.07) is 10.8. The molecule has 0 aliphatic heterocycles. The molecule has 130 valence electrons. The third-order valence-electron chi connectivity index (χ3n) is 3.59. The number of benzene rings is 2. The summed E-state index contributed by atoms with van der Waals surface area (Å²) in [7, 11) is 0. The number of phenolic OH excluding ortho intramolecular Hbond substituents is 1. The molecule has 0 bridgehead atoms. The Morgan fingerprint density at radius 2 is 1.64 bits per heavy atom. The number of phenols is 1. The van der Waals surface area contributed by atoms with Gasteiger partial charge in [0.05, 0.1) is 11.3 Å². The van der Waals surface area contributed by atoms with Crippen LogP contribution in [0.2, 0.25) is 0 Å². The van der Waals surface area contributed by atoms with Crippen molar-refractivity contribution in [2.45, 2.75) is 20.3 Å². The van der Waals surface area contributed by atoms with Gasteiger partial charge in [-0.3, -0.25) is 14.4 Å². The number of aromatic hydroxyl groups is 1. The molecule has 0 aliphatic rings. The van der Waals surface area contributed by atoms with E-state index in [1.54, 1.807) is 24.3 Å². The summed E-state index contributed by atoms with van der Waals surface area (Å²) in [6.07, 6.45) is 0.817. The fourth-order valence-corrected chi connectivity index (χ4v) is 2.27. The molecule has 0 saturated heterocycles. The molecule has 6 nitrogen and oxygen atoms in total. The number of amides is 2. The fraction of sp³-hybridized carbons (Fsp3) is 0.211. The van der Waals surface area contributed by atoms with E-state index in [0.717, 1.165) is 6.42 Å². The Labute approximate surface area is 145 Å². The molecule has 2 amide bonds. The van der Waals surface area contributed by atoms with E-state index < -0.39 is 5.91 Å². The third-order valence-corrected chi connectivity index (χ3v) is 3.59. The first-order chi connectivity index (χ1) is 11.9. The molecule has 2 aromatic carbocycles. The van der Waals surface area contributed by atoms with Gasteiger partial charge in [-0.15, -0.1) is 0 Å². The van der Waals surface area contributed by atoms with E-state index in [9.17, 15) is 19.5 Å². The zero-order valence-electron chi connectivity index (χ0n) is 14.1. The molecular weight excluding hydrogens is 320 g/mol. The number of nitrogens with one attached hydrogen (secondary N) is 2. The molecule has 0 heterocycles. The van der Waals surface area contributed by atoms with Crippen LogP contribution < -0.4 is 10.6 Å². The van der Waals surface area contributed by atoms with E-state index in [1.807, 2.05) is 6.92 Å². The summed E-state index contributed by atoms with van der Waals surface area (Å²) < 4.78 is 0. The van der Waals surface area contributed by atoms with Crippen molar-refractivity contribution in [1.82, 2.24) is 5.32 Å². The van der Waals surface area contributed by atoms with Gasteiger partial charge in [0.15, 0.2) is 5.78 Å². The van der Waals surface area contributed by atoms with E-state index in [-0.39, 0.29) is 34.3 Å². The Balaban J connectivity index is 2.21. The lowest BCUT2D eigenvalue weighted by molar-refractivity contribution is 0.0952. The summed E-state index contributed by atoms with van der Waals surface area (Å²) in [5.74, 6) is -1.32. The summed E-state index contributed by atoms with van der Waals surface area (Å²) in [4.78, 5) is 35.9. The standard InChI is InChI=1S/C19H20N2O4/c1-3-10-20-18(24)13-6-4-7-14(11-13)19(25)21-16-9-5-8-15(12(2)22)17(16)23/h4-9,11,23H,3,10H2,1-2H3,(H,20,24)(H,21,25). The van der Waals surface area contributed by atoms with Gasteiger partial charge in [0.2, 0.25) is 0 Å². The van der Waals surface area contributed by atoms with Crippen LogP contribution in [0, 0.1) is 0 Å². The molecule has 0 saturated carbocycles. The Morgan fingerprint density at radius 3 is 2.28 bits per heavy atom. The number of para-hydroxylation sites is 1. The van der Waals surface area contributed by atoms with Gasteiger partial charge in [-0.1, -0.05) is 19.1 Å². The topological polar surface area (TPSA) is 95.5 Å². The number of Topliss-reactive ketones (excluding diaryl/α,β-unsaturated/α-hetero) is 1. The summed E-state index contributed by atoms with van der Waals surface area (Å²) in [6.45, 7) is 3.84. The monoisotopic (exact) mass is 340 g/mol. The Bertz CT molecular complexity index is 815. The first-order valence-electron chi connectivity index (χ1n) is 7.96. The van der Waals surface area contributed by atoms with E-state index in [2.05, 4.69) is 10.6 Å². The smallest absolute Gasteiger partial charge is 0.255 e. The lowest BCUT2D eigenvalue weighted by Crippen LogP contribution is -2.24. The quantitative estimate of drug-likeness (QED) is 0.556. The number of carbonyl (C=O) groups excluding carboxylic acids is 3. The minimum Gasteiger partial charge on any atom is -0.505 e. The maximum absolute atomic E-state index is 12.4. The van der Waals surface area contributed by atoms with Crippen LogP contribution in [-0.4, -0.2) is 29.2 Å². The molecule has 2 rings (SSSR count). The maximum atomic E-state index is 12.4. The Hall–Kier alpha value is -3.15. The van der Waals surface area contributed by atoms with E-state index >= 15 is 0 Å². The van der Waals surface area contributed by atoms with Crippen LogP contribution >= 0.6 is 0 Å². The normalized spacial score (nSPS) is 10.2. The molecular formula is C19H20N2O4. The number of rotatable bonds is 6. The molecule has 6 heteroatoms. The second-order valence-electron chi connectivity index (χ2n) is 5.55. The predicted octanol–water partition coefficient (Wildman–Crippen LogP) is 2.99. The molecule has 3 N–H and O–H groups in total. The van der Waals surface area contributed by atoms with Crippen LogP contribution in [0.4, 0.5) is 5.69 Å². The van der Waals surface area contributed by atoms with Crippen molar-refractivity contribution in [3.8, 4) is 5.75 Å². The second-order valence-corrected chi connectivity index (χ2v) is 5.55. The lowest BCUT2D eigenvalue weighted by Gasteiger charge is -2.10. The van der Waals surface area contributed by atoms with Crippen molar-refractivity contribution in [3.63, 3.8) is 0 Å². The number of hydrogen-bond acceptors (Lipinski definition) is 4. The van der Waals surface area contributed by atoms with Crippen molar-refractivity contribution in [2.75, 3.05) is 11.9 Å². The minimum atomic E-state index is -0.485. The van der Waals surface area contributed by atoms with Crippen molar-refractivity contribution in [2.24, 2.45) is 0 Å². The maximum Gasteiger partial charge on any atom is 0.255 e. The van der Waals surface area contributed by atoms with Gasteiger partial charge in [0.25, 0.3) is 11.8 Å². The summed E-state index contributed by atoms with van der Waals surface area (Å²) >= 11 is 0. The van der Waals surface area contributed by atoms with Crippen molar-refractivity contribution < 1.29 is 19.5 Å². The van der Waals surface area contributed by atoms with E-state index in [1.165, 1.54) is 25.1 Å². The van der Waals surface area contributed by atoms with Crippen molar-refractivity contribution >= 4 is 23.3 Å². The predicted molar refractivity (Wildman–Crippen MR) is 95.1 cm³/mol. The highest BCUT2D eigenvalue weighted by Crippen LogP contribution is 2.28. The number of carbonyl (C=O) groups is 3. The summed E-state index contributed by atoms with van der Waals surface area (Å²) in [5.41, 5.74) is 0.920. The average Bonchev–Trinajstić information content (AvgIpc) is 2.61. The lowest BCUT2D eigenvalue weighted by atomic mass is 10.1. The SMILES string of the molecule is CCCNC(=O)c1cccc(C(=O)Nc2cccc(C(C)=O)c2O)c1. The Kier molecular flexibility index (Phi) is 5.89. The van der Waals surface area contributed by atoms with E-state index in [0.29, 0.717) is 12.1 Å². The number of hydrogen-bond donors (Lipinski definition) is 3. The molecule has 0 spiro atoms. The molecule has 0 aromatic heterocycles. The van der Waals surface area contributed by atoms with Crippen LogP contribution in [0.5, 0.6) is 5.75 Å². The molecule has 0 radical (unpaired) electrons. The third kappa shape index (κ3) is 4.44. The van der Waals surface area contributed by atoms with Gasteiger partial charge in [0, 0.05) is 17.7 Å². The van der Waals surface area contributed by atoms with Gasteiger partial charge in [-0.05, 0) is 43.7 Å². The van der Waals surface area contributed by atoms with Crippen molar-refractivity contribution in [3.05, 3.63) is 59.2 Å². The second kappa shape index (κ2) is 8.10. The van der Waals surface area contributed by atoms with Crippen molar-refractivity contribution in [1.29, 1.82) is 0 Å². The molecule has 25 heavy (non-hydrogen) atoms. The number of anilines is 1. The first kappa shape index (κ1) is 18.2. The minimum absolute atomic E-state index is 0.130. The molecule has 0 atom stereocenters. The van der Waals surface area contributed by atoms with Crippen LogP contribution in [-0.2, 0) is 0 Å². The highest BCUT2D eigenvalue weighted by molar-refractivity contribution is 6.08. The van der Waals surface area contributed by atoms with Crippen LogP contribution in [0.1, 0.15) is 51.3 Å². The molecule has 0 fully saturated rings. The fourth-order valence-electron chi connectivity index (χ4n) is 2.27. The van der Waals surface area contributed by atoms with Crippen LogP contribution in [0.15, 0.2) is 42.5 Å².